The van der Waals surface area contributed by atoms with Crippen LogP contribution in [0.4, 0.5) is 16.4 Å². The maximum Gasteiger partial charge on any atom is 0.317 e. The summed E-state index contributed by atoms with van der Waals surface area (Å²) in [6.07, 6.45) is 2.33. The number of carbonyl (C=O) groups excluding carboxylic acids is 1. The van der Waals surface area contributed by atoms with Crippen LogP contribution in [-0.2, 0) is 6.42 Å². The van der Waals surface area contributed by atoms with E-state index >= 15 is 0 Å². The Labute approximate surface area is 117 Å². The highest BCUT2D eigenvalue weighted by atomic mass is 16.2. The SMILES string of the molecule is CCc1c(NN)ncnc1N1CCN2C(=O)NCC2C1. The van der Waals surface area contributed by atoms with Gasteiger partial charge in [0.1, 0.15) is 18.0 Å². The zero-order valence-electron chi connectivity index (χ0n) is 11.5. The van der Waals surface area contributed by atoms with E-state index in [1.807, 2.05) is 4.90 Å². The molecule has 20 heavy (non-hydrogen) atoms. The summed E-state index contributed by atoms with van der Waals surface area (Å²) >= 11 is 0. The van der Waals surface area contributed by atoms with Crippen molar-refractivity contribution in [2.75, 3.05) is 36.5 Å². The summed E-state index contributed by atoms with van der Waals surface area (Å²) in [5.74, 6) is 7.09. The van der Waals surface area contributed by atoms with E-state index in [0.717, 1.165) is 37.4 Å². The first-order valence-corrected chi connectivity index (χ1v) is 6.84. The molecule has 1 aromatic rings. The Morgan fingerprint density at radius 2 is 2.35 bits per heavy atom. The highest BCUT2D eigenvalue weighted by Gasteiger charge is 2.36. The standard InChI is InChI=1S/C12H19N7O/c1-2-9-10(17-13)15-7-16-11(9)18-3-4-19-8(6-18)5-14-12(19)20/h7-8H,2-6,13H2,1H3,(H,14,20)(H,15,16,17). The van der Waals surface area contributed by atoms with Gasteiger partial charge in [0, 0.05) is 31.7 Å². The van der Waals surface area contributed by atoms with Gasteiger partial charge in [-0.3, -0.25) is 0 Å². The number of anilines is 2. The van der Waals surface area contributed by atoms with Gasteiger partial charge in [-0.05, 0) is 6.42 Å². The second kappa shape index (κ2) is 5.12. The predicted octanol–water partition coefficient (Wildman–Crippen LogP) is -0.462. The van der Waals surface area contributed by atoms with Crippen LogP contribution in [-0.4, -0.2) is 53.1 Å². The largest absolute Gasteiger partial charge is 0.352 e. The smallest absolute Gasteiger partial charge is 0.317 e. The van der Waals surface area contributed by atoms with Gasteiger partial charge in [-0.2, -0.15) is 0 Å². The molecule has 8 nitrogen and oxygen atoms in total. The molecule has 2 aliphatic rings. The van der Waals surface area contributed by atoms with Crippen molar-refractivity contribution >= 4 is 17.7 Å². The van der Waals surface area contributed by atoms with Gasteiger partial charge in [0.25, 0.3) is 0 Å². The summed E-state index contributed by atoms with van der Waals surface area (Å²) < 4.78 is 0. The topological polar surface area (TPSA) is 99.4 Å². The number of hydrogen-bond acceptors (Lipinski definition) is 6. The van der Waals surface area contributed by atoms with Crippen molar-refractivity contribution in [1.82, 2.24) is 20.2 Å². The van der Waals surface area contributed by atoms with E-state index in [1.54, 1.807) is 0 Å². The van der Waals surface area contributed by atoms with Gasteiger partial charge < -0.3 is 20.5 Å². The summed E-state index contributed by atoms with van der Waals surface area (Å²) in [6, 6.07) is 0.252. The molecule has 3 rings (SSSR count). The fourth-order valence-corrected chi connectivity index (χ4v) is 2.92. The van der Waals surface area contributed by atoms with Crippen molar-refractivity contribution in [2.45, 2.75) is 19.4 Å². The minimum absolute atomic E-state index is 0.0392. The number of piperazine rings is 1. The normalized spacial score (nSPS) is 21.7. The minimum Gasteiger partial charge on any atom is -0.352 e. The van der Waals surface area contributed by atoms with Crippen LogP contribution in [0.2, 0.25) is 0 Å². The highest BCUT2D eigenvalue weighted by molar-refractivity contribution is 5.77. The van der Waals surface area contributed by atoms with Gasteiger partial charge in [-0.1, -0.05) is 6.92 Å². The first-order valence-electron chi connectivity index (χ1n) is 6.84. The third kappa shape index (κ3) is 2.01. The monoisotopic (exact) mass is 277 g/mol. The van der Waals surface area contributed by atoms with Crippen LogP contribution < -0.4 is 21.5 Å². The summed E-state index contributed by atoms with van der Waals surface area (Å²) in [5, 5.41) is 2.88. The molecular weight excluding hydrogens is 258 g/mol. The van der Waals surface area contributed by atoms with Crippen LogP contribution in [0.25, 0.3) is 0 Å². The zero-order chi connectivity index (χ0) is 14.1. The number of rotatable bonds is 3. The number of fused-ring (bicyclic) bond motifs is 1. The van der Waals surface area contributed by atoms with Crippen LogP contribution in [0, 0.1) is 0 Å². The van der Waals surface area contributed by atoms with Crippen molar-refractivity contribution in [2.24, 2.45) is 5.84 Å². The molecule has 0 saturated carbocycles. The number of amides is 2. The van der Waals surface area contributed by atoms with Crippen molar-refractivity contribution in [1.29, 1.82) is 0 Å². The molecule has 4 N–H and O–H groups in total. The molecule has 0 aromatic carbocycles. The molecule has 0 bridgehead atoms. The van der Waals surface area contributed by atoms with Gasteiger partial charge in [-0.25, -0.2) is 20.6 Å². The molecule has 8 heteroatoms. The molecular formula is C12H19N7O. The van der Waals surface area contributed by atoms with E-state index in [-0.39, 0.29) is 12.1 Å². The predicted molar refractivity (Wildman–Crippen MR) is 75.3 cm³/mol. The Kier molecular flexibility index (Phi) is 3.31. The van der Waals surface area contributed by atoms with Gasteiger partial charge in [0.2, 0.25) is 0 Å². The maximum absolute atomic E-state index is 11.6. The van der Waals surface area contributed by atoms with Crippen molar-refractivity contribution in [3.8, 4) is 0 Å². The van der Waals surface area contributed by atoms with E-state index in [9.17, 15) is 4.79 Å². The number of hydrazine groups is 1. The quantitative estimate of drug-likeness (QED) is 0.510. The molecule has 2 amide bonds. The summed E-state index contributed by atoms with van der Waals surface area (Å²) in [7, 11) is 0. The van der Waals surface area contributed by atoms with Crippen LogP contribution >= 0.6 is 0 Å². The summed E-state index contributed by atoms with van der Waals surface area (Å²) in [4.78, 5) is 24.3. The second-order valence-electron chi connectivity index (χ2n) is 5.00. The van der Waals surface area contributed by atoms with Gasteiger partial charge in [0.15, 0.2) is 0 Å². The van der Waals surface area contributed by atoms with E-state index in [4.69, 9.17) is 5.84 Å². The third-order valence-corrected chi connectivity index (χ3v) is 3.94. The molecule has 0 spiro atoms. The molecule has 0 aliphatic carbocycles. The lowest BCUT2D eigenvalue weighted by Crippen LogP contribution is -2.52. The average molecular weight is 277 g/mol. The molecule has 1 atom stereocenters. The van der Waals surface area contributed by atoms with E-state index < -0.39 is 0 Å². The first kappa shape index (κ1) is 12.9. The van der Waals surface area contributed by atoms with E-state index in [1.165, 1.54) is 6.33 Å². The van der Waals surface area contributed by atoms with Crippen LogP contribution in [0.15, 0.2) is 6.33 Å². The zero-order valence-corrected chi connectivity index (χ0v) is 11.5. The molecule has 2 fully saturated rings. The lowest BCUT2D eigenvalue weighted by atomic mass is 10.1. The number of nitrogens with one attached hydrogen (secondary N) is 2. The third-order valence-electron chi connectivity index (χ3n) is 3.94. The lowest BCUT2D eigenvalue weighted by Gasteiger charge is -2.37. The number of nitrogens with two attached hydrogens (primary N) is 1. The number of nitrogens with zero attached hydrogens (tertiary/aromatic N) is 4. The number of hydrogen-bond donors (Lipinski definition) is 3. The number of urea groups is 1. The average Bonchev–Trinajstić information content (AvgIpc) is 2.87. The summed E-state index contributed by atoms with van der Waals surface area (Å²) in [5.41, 5.74) is 3.64. The molecule has 1 unspecified atom stereocenters. The summed E-state index contributed by atoms with van der Waals surface area (Å²) in [6.45, 7) is 5.03. The van der Waals surface area contributed by atoms with Crippen molar-refractivity contribution < 1.29 is 4.79 Å². The van der Waals surface area contributed by atoms with Crippen LogP contribution in [0.1, 0.15) is 12.5 Å². The molecule has 108 valence electrons. The number of aromatic nitrogens is 2. The Morgan fingerprint density at radius 1 is 1.50 bits per heavy atom. The fourth-order valence-electron chi connectivity index (χ4n) is 2.92. The van der Waals surface area contributed by atoms with Crippen molar-refractivity contribution in [3.05, 3.63) is 11.9 Å². The van der Waals surface area contributed by atoms with Gasteiger partial charge in [0.05, 0.1) is 6.04 Å². The molecule has 1 aromatic heterocycles. The van der Waals surface area contributed by atoms with Crippen LogP contribution in [0.5, 0.6) is 0 Å². The Hall–Kier alpha value is -2.09. The van der Waals surface area contributed by atoms with E-state index in [0.29, 0.717) is 12.4 Å². The number of carbonyl (C=O) groups is 1. The molecule has 0 radical (unpaired) electrons. The highest BCUT2D eigenvalue weighted by Crippen LogP contribution is 2.26. The maximum atomic E-state index is 11.6. The Balaban J connectivity index is 1.85. The van der Waals surface area contributed by atoms with Gasteiger partial charge in [-0.15, -0.1) is 0 Å². The second-order valence-corrected chi connectivity index (χ2v) is 5.00. The Morgan fingerprint density at radius 3 is 3.10 bits per heavy atom. The number of nitrogen functional groups attached to an aromatic ring is 1. The molecule has 2 saturated heterocycles. The van der Waals surface area contributed by atoms with E-state index in [2.05, 4.69) is 32.5 Å². The molecule has 3 heterocycles. The molecule has 2 aliphatic heterocycles. The first-order chi connectivity index (χ1) is 9.74. The Bertz CT molecular complexity index is 521. The minimum atomic E-state index is 0.0392. The van der Waals surface area contributed by atoms with Crippen molar-refractivity contribution in [3.63, 3.8) is 0 Å². The lowest BCUT2D eigenvalue weighted by molar-refractivity contribution is 0.197. The van der Waals surface area contributed by atoms with Gasteiger partial charge >= 0.3 is 6.03 Å². The van der Waals surface area contributed by atoms with Crippen LogP contribution in [0.3, 0.4) is 0 Å². The fraction of sp³-hybridized carbons (Fsp3) is 0.583.